The maximum absolute atomic E-state index is 12.7. The minimum absolute atomic E-state index is 0.115. The Morgan fingerprint density at radius 2 is 1.58 bits per heavy atom. The number of hydrogen-bond acceptors (Lipinski definition) is 4. The Morgan fingerprint density at radius 3 is 2.31 bits per heavy atom. The molecule has 1 heterocycles. The first-order chi connectivity index (χ1) is 17.6. The quantitative estimate of drug-likeness (QED) is 0.188. The molecule has 0 radical (unpaired) electrons. The second-order valence-corrected chi connectivity index (χ2v) is 9.37. The van der Waals surface area contributed by atoms with Gasteiger partial charge in [0.25, 0.3) is 0 Å². The topological polar surface area (TPSA) is 52.3 Å². The summed E-state index contributed by atoms with van der Waals surface area (Å²) in [6.45, 7) is 4.25. The van der Waals surface area contributed by atoms with Crippen LogP contribution in [0, 0.1) is 6.92 Å². The number of benzene rings is 3. The average molecular weight is 478 g/mol. The fourth-order valence-electron chi connectivity index (χ4n) is 4.82. The van der Waals surface area contributed by atoms with Gasteiger partial charge in [-0.15, -0.1) is 0 Å². The van der Waals surface area contributed by atoms with E-state index in [0.29, 0.717) is 6.61 Å². The Kier molecular flexibility index (Phi) is 6.86. The van der Waals surface area contributed by atoms with Crippen molar-refractivity contribution in [2.24, 2.45) is 0 Å². The molecule has 0 spiro atoms. The highest BCUT2D eigenvalue weighted by molar-refractivity contribution is 5.90. The standard InChI is InChI=1S/C32H31NO3/c1-3-35-31(34)32(21-22-32)29-16-10-9-15-28(29)25-17-19-26(20-18-25)30-27(23(2)33-36-30)14-8-7-13-24-11-5-4-6-12-24/h4-12,15-20H,3,13-14,21-22H2,1-2H3. The lowest BCUT2D eigenvalue weighted by Gasteiger charge is -2.18. The van der Waals surface area contributed by atoms with Crippen molar-refractivity contribution in [3.8, 4) is 22.5 Å². The lowest BCUT2D eigenvalue weighted by molar-refractivity contribution is -0.146. The number of aryl methyl sites for hydroxylation is 1. The van der Waals surface area contributed by atoms with E-state index in [9.17, 15) is 4.79 Å². The number of esters is 1. The summed E-state index contributed by atoms with van der Waals surface area (Å²) in [6.07, 6.45) is 7.72. The van der Waals surface area contributed by atoms with Crippen LogP contribution in [0.5, 0.6) is 0 Å². The zero-order valence-electron chi connectivity index (χ0n) is 20.9. The van der Waals surface area contributed by atoms with Gasteiger partial charge in [-0.25, -0.2) is 0 Å². The van der Waals surface area contributed by atoms with Gasteiger partial charge in [0, 0.05) is 11.1 Å². The second-order valence-electron chi connectivity index (χ2n) is 9.37. The molecule has 5 rings (SSSR count). The molecule has 0 atom stereocenters. The van der Waals surface area contributed by atoms with Gasteiger partial charge in [-0.05, 0) is 61.8 Å². The summed E-state index contributed by atoms with van der Waals surface area (Å²) >= 11 is 0. The van der Waals surface area contributed by atoms with E-state index in [1.54, 1.807) is 0 Å². The van der Waals surface area contributed by atoms with Crippen molar-refractivity contribution >= 4 is 5.97 Å². The Hall–Kier alpha value is -3.92. The molecule has 182 valence electrons. The van der Waals surface area contributed by atoms with E-state index < -0.39 is 5.41 Å². The molecule has 1 fully saturated rings. The lowest BCUT2D eigenvalue weighted by atomic mass is 9.87. The summed E-state index contributed by atoms with van der Waals surface area (Å²) in [5.41, 5.74) is 7.00. The predicted octanol–water partition coefficient (Wildman–Crippen LogP) is 7.25. The van der Waals surface area contributed by atoms with Gasteiger partial charge < -0.3 is 9.26 Å². The molecule has 4 aromatic rings. The molecule has 0 saturated heterocycles. The molecule has 0 amide bonds. The maximum Gasteiger partial charge on any atom is 0.316 e. The van der Waals surface area contributed by atoms with E-state index in [1.807, 2.05) is 32.0 Å². The van der Waals surface area contributed by atoms with Crippen LogP contribution in [0.25, 0.3) is 22.5 Å². The van der Waals surface area contributed by atoms with Gasteiger partial charge in [0.2, 0.25) is 0 Å². The van der Waals surface area contributed by atoms with Crippen LogP contribution >= 0.6 is 0 Å². The van der Waals surface area contributed by atoms with Crippen LogP contribution in [0.1, 0.15) is 42.1 Å². The van der Waals surface area contributed by atoms with Gasteiger partial charge in [-0.3, -0.25) is 4.79 Å². The number of nitrogens with zero attached hydrogens (tertiary/aromatic N) is 1. The third kappa shape index (κ3) is 4.76. The van der Waals surface area contributed by atoms with E-state index in [4.69, 9.17) is 9.26 Å². The molecule has 4 heteroatoms. The molecular formula is C32H31NO3. The Labute approximate surface area is 212 Å². The Bertz CT molecular complexity index is 1360. The monoisotopic (exact) mass is 477 g/mol. The van der Waals surface area contributed by atoms with Crippen LogP contribution < -0.4 is 0 Å². The molecular weight excluding hydrogens is 446 g/mol. The number of rotatable bonds is 9. The Balaban J connectivity index is 1.36. The van der Waals surface area contributed by atoms with Crippen LogP contribution in [0.15, 0.2) is 95.5 Å². The molecule has 1 aliphatic rings. The minimum Gasteiger partial charge on any atom is -0.465 e. The smallest absolute Gasteiger partial charge is 0.316 e. The highest BCUT2D eigenvalue weighted by Crippen LogP contribution is 2.52. The van der Waals surface area contributed by atoms with Crippen molar-refractivity contribution in [1.29, 1.82) is 0 Å². The molecule has 1 aliphatic carbocycles. The molecule has 36 heavy (non-hydrogen) atoms. The highest BCUT2D eigenvalue weighted by Gasteiger charge is 2.53. The molecule has 0 N–H and O–H groups in total. The number of ether oxygens (including phenoxy) is 1. The first-order valence-electron chi connectivity index (χ1n) is 12.6. The van der Waals surface area contributed by atoms with E-state index in [1.165, 1.54) is 5.56 Å². The van der Waals surface area contributed by atoms with E-state index >= 15 is 0 Å². The third-order valence-corrected chi connectivity index (χ3v) is 6.99. The normalized spacial score (nSPS) is 14.2. The summed E-state index contributed by atoms with van der Waals surface area (Å²) < 4.78 is 11.2. The predicted molar refractivity (Wildman–Crippen MR) is 143 cm³/mol. The van der Waals surface area contributed by atoms with Gasteiger partial charge >= 0.3 is 5.97 Å². The first kappa shape index (κ1) is 23.8. The molecule has 1 saturated carbocycles. The number of allylic oxidation sites excluding steroid dienone is 2. The summed E-state index contributed by atoms with van der Waals surface area (Å²) in [6, 6.07) is 27.0. The van der Waals surface area contributed by atoms with Crippen molar-refractivity contribution in [2.45, 2.75) is 44.9 Å². The van der Waals surface area contributed by atoms with E-state index in [2.05, 4.69) is 78.0 Å². The third-order valence-electron chi connectivity index (χ3n) is 6.99. The van der Waals surface area contributed by atoms with Crippen LogP contribution in [-0.2, 0) is 27.8 Å². The van der Waals surface area contributed by atoms with Crippen LogP contribution in [0.3, 0.4) is 0 Å². The van der Waals surface area contributed by atoms with E-state index in [-0.39, 0.29) is 5.97 Å². The zero-order chi connectivity index (χ0) is 25.0. The molecule has 0 unspecified atom stereocenters. The minimum atomic E-state index is -0.507. The lowest BCUT2D eigenvalue weighted by Crippen LogP contribution is -2.23. The number of aromatic nitrogens is 1. The van der Waals surface area contributed by atoms with E-state index in [0.717, 1.165) is 65.0 Å². The SMILES string of the molecule is CCOC(=O)C1(c2ccccc2-c2ccc(-c3onc(C)c3CC=CCc3ccccc3)cc2)CC1. The zero-order valence-corrected chi connectivity index (χ0v) is 20.9. The number of hydrogen-bond donors (Lipinski definition) is 0. The van der Waals surface area contributed by atoms with Gasteiger partial charge in [0.05, 0.1) is 17.7 Å². The maximum atomic E-state index is 12.7. The molecule has 1 aromatic heterocycles. The largest absolute Gasteiger partial charge is 0.465 e. The molecule has 3 aromatic carbocycles. The van der Waals surface area contributed by atoms with Gasteiger partial charge in [-0.1, -0.05) is 96.2 Å². The van der Waals surface area contributed by atoms with Crippen molar-refractivity contribution in [3.63, 3.8) is 0 Å². The van der Waals surface area contributed by atoms with Crippen molar-refractivity contribution < 1.29 is 14.1 Å². The number of carbonyl (C=O) groups is 1. The van der Waals surface area contributed by atoms with Crippen LogP contribution in [0.2, 0.25) is 0 Å². The van der Waals surface area contributed by atoms with Crippen molar-refractivity contribution in [1.82, 2.24) is 5.16 Å². The fourth-order valence-corrected chi connectivity index (χ4v) is 4.82. The summed E-state index contributed by atoms with van der Waals surface area (Å²) in [4.78, 5) is 12.7. The van der Waals surface area contributed by atoms with Gasteiger partial charge in [0.15, 0.2) is 5.76 Å². The summed E-state index contributed by atoms with van der Waals surface area (Å²) in [5.74, 6) is 0.693. The molecule has 0 aliphatic heterocycles. The van der Waals surface area contributed by atoms with Crippen molar-refractivity contribution in [2.75, 3.05) is 6.61 Å². The summed E-state index contributed by atoms with van der Waals surface area (Å²) in [7, 11) is 0. The summed E-state index contributed by atoms with van der Waals surface area (Å²) in [5, 5.41) is 4.24. The number of carbonyl (C=O) groups excluding carboxylic acids is 1. The Morgan fingerprint density at radius 1 is 0.917 bits per heavy atom. The average Bonchev–Trinajstić information content (AvgIpc) is 3.65. The highest BCUT2D eigenvalue weighted by atomic mass is 16.5. The molecule has 4 nitrogen and oxygen atoms in total. The van der Waals surface area contributed by atoms with Gasteiger partial charge in [-0.2, -0.15) is 0 Å². The van der Waals surface area contributed by atoms with Crippen LogP contribution in [-0.4, -0.2) is 17.7 Å². The first-order valence-corrected chi connectivity index (χ1v) is 12.6. The second kappa shape index (κ2) is 10.4. The molecule has 0 bridgehead atoms. The fraction of sp³-hybridized carbons (Fsp3) is 0.250. The van der Waals surface area contributed by atoms with Crippen molar-refractivity contribution in [3.05, 3.63) is 113 Å². The van der Waals surface area contributed by atoms with Gasteiger partial charge in [0.1, 0.15) is 0 Å². The van der Waals surface area contributed by atoms with Crippen LogP contribution in [0.4, 0.5) is 0 Å².